The highest BCUT2D eigenvalue weighted by molar-refractivity contribution is 7.95. The van der Waals surface area contributed by atoms with Crippen LogP contribution in [0, 0.1) is 0 Å². The van der Waals surface area contributed by atoms with E-state index in [0.717, 1.165) is 17.5 Å². The summed E-state index contributed by atoms with van der Waals surface area (Å²) in [6.45, 7) is 3.08. The van der Waals surface area contributed by atoms with Crippen LogP contribution in [0.15, 0.2) is 156 Å². The molecule has 0 spiro atoms. The summed E-state index contributed by atoms with van der Waals surface area (Å²) in [5, 5.41) is 20.2. The molecule has 10 heteroatoms. The third-order valence-electron chi connectivity index (χ3n) is 8.08. The zero-order valence-corrected chi connectivity index (χ0v) is 30.8. The summed E-state index contributed by atoms with van der Waals surface area (Å²) in [4.78, 5) is 0. The number of nitrogens with one attached hydrogen (secondary N) is 4. The minimum atomic E-state index is -2.09. The Hall–Kier alpha value is -4.79. The molecule has 254 valence electrons. The van der Waals surface area contributed by atoms with E-state index in [9.17, 15) is 0 Å². The third kappa shape index (κ3) is 9.46. The van der Waals surface area contributed by atoms with Gasteiger partial charge in [-0.15, -0.1) is 0 Å². The lowest BCUT2D eigenvalue weighted by molar-refractivity contribution is 0.185. The molecule has 0 amide bonds. The van der Waals surface area contributed by atoms with Gasteiger partial charge in [0.05, 0.1) is 6.61 Å². The molecule has 5 rings (SSSR count). The summed E-state index contributed by atoms with van der Waals surface area (Å²) in [7, 11) is -0.347. The number of thiocarbonyl (C=S) groups is 2. The molecule has 0 saturated heterocycles. The van der Waals surface area contributed by atoms with Crippen LogP contribution in [-0.4, -0.2) is 48.2 Å². The van der Waals surface area contributed by atoms with Crippen LogP contribution in [0.4, 0.5) is 0 Å². The van der Waals surface area contributed by atoms with Crippen LogP contribution in [-0.2, 0) is 11.2 Å². The summed E-state index contributed by atoms with van der Waals surface area (Å²) < 4.78 is 6.51. The first-order chi connectivity index (χ1) is 24.5. The second-order valence-electron chi connectivity index (χ2n) is 11.2. The largest absolute Gasteiger partial charge is 0.364 e. The number of hydrazone groups is 2. The Morgan fingerprint density at radius 1 is 0.600 bits per heavy atom. The van der Waals surface area contributed by atoms with Crippen LogP contribution >= 0.6 is 31.7 Å². The van der Waals surface area contributed by atoms with Crippen LogP contribution in [0.3, 0.4) is 0 Å². The number of hydrogen-bond donors (Lipinski definition) is 4. The van der Waals surface area contributed by atoms with E-state index in [0.29, 0.717) is 41.1 Å². The Morgan fingerprint density at radius 2 is 1.04 bits per heavy atom. The fourth-order valence-corrected chi connectivity index (χ4v) is 9.45. The molecule has 0 atom stereocenters. The maximum atomic E-state index is 6.51. The van der Waals surface area contributed by atoms with E-state index in [1.165, 1.54) is 21.5 Å². The van der Waals surface area contributed by atoms with E-state index in [4.69, 9.17) is 34.3 Å². The smallest absolute Gasteiger partial charge is 0.187 e. The third-order valence-corrected chi connectivity index (χ3v) is 12.7. The molecular formula is C40H42N6OPS2+. The standard InChI is InChI=1S/C40H41N6OPS2/c1-3-31-24-26-33(27-25-31)38(43-45-39(49)41-2)37(32-16-8-4-9-17-32)44-46-40(50)42-28-29-47-30-48(34-18-10-5-11-19-34,35-20-12-6-13-21-35)36-22-14-7-15-23-36/h4-27H,3,28-30H2,1-2H3,(H3-,41,42,43,44,45,46,49,50)/p+1. The molecule has 0 radical (unpaired) electrons. The SMILES string of the molecule is CCc1ccc(C(=NNC(=S)NC)C(=NNC(=S)NCCOC[P+](c2ccccc2)(c2ccccc2)c2ccccc2)c2ccccc2)cc1. The molecule has 0 bridgehead atoms. The van der Waals surface area contributed by atoms with Gasteiger partial charge in [-0.2, -0.15) is 10.2 Å². The lowest BCUT2D eigenvalue weighted by Crippen LogP contribution is -2.37. The van der Waals surface area contributed by atoms with E-state index in [2.05, 4.69) is 137 Å². The molecule has 5 aromatic rings. The molecule has 0 aromatic heterocycles. The van der Waals surface area contributed by atoms with Gasteiger partial charge in [-0.05, 0) is 72.8 Å². The van der Waals surface area contributed by atoms with Crippen molar-refractivity contribution in [2.75, 3.05) is 26.5 Å². The van der Waals surface area contributed by atoms with Gasteiger partial charge in [0.15, 0.2) is 16.6 Å². The number of nitrogens with zero attached hydrogens (tertiary/aromatic N) is 2. The summed E-state index contributed by atoms with van der Waals surface area (Å²) >= 11 is 11.0. The van der Waals surface area contributed by atoms with Crippen molar-refractivity contribution in [3.63, 3.8) is 0 Å². The molecular weight excluding hydrogens is 676 g/mol. The van der Waals surface area contributed by atoms with Gasteiger partial charge in [-0.25, -0.2) is 0 Å². The fourth-order valence-electron chi connectivity index (χ4n) is 5.47. The van der Waals surface area contributed by atoms with E-state index in [1.807, 2.05) is 42.5 Å². The average molecular weight is 718 g/mol. The Morgan fingerprint density at radius 3 is 1.50 bits per heavy atom. The summed E-state index contributed by atoms with van der Waals surface area (Å²) in [6, 6.07) is 50.2. The van der Waals surface area contributed by atoms with Crippen LogP contribution in [0.2, 0.25) is 0 Å². The van der Waals surface area contributed by atoms with Crippen LogP contribution in [0.5, 0.6) is 0 Å². The molecule has 0 fully saturated rings. The minimum absolute atomic E-state index is 0.372. The molecule has 7 nitrogen and oxygen atoms in total. The first-order valence-electron chi connectivity index (χ1n) is 16.5. The lowest BCUT2D eigenvalue weighted by Gasteiger charge is -2.27. The molecule has 50 heavy (non-hydrogen) atoms. The molecule has 4 N–H and O–H groups in total. The van der Waals surface area contributed by atoms with E-state index >= 15 is 0 Å². The molecule has 0 aliphatic carbocycles. The Bertz CT molecular complexity index is 1780. The van der Waals surface area contributed by atoms with Crippen molar-refractivity contribution in [2.45, 2.75) is 13.3 Å². The van der Waals surface area contributed by atoms with Gasteiger partial charge in [0.1, 0.15) is 34.6 Å². The van der Waals surface area contributed by atoms with Gasteiger partial charge >= 0.3 is 0 Å². The Balaban J connectivity index is 1.32. The molecule has 0 heterocycles. The molecule has 0 saturated carbocycles. The number of ether oxygens (including phenoxy) is 1. The van der Waals surface area contributed by atoms with E-state index < -0.39 is 7.26 Å². The second kappa shape index (κ2) is 18.8. The first-order valence-corrected chi connectivity index (χ1v) is 19.3. The highest BCUT2D eigenvalue weighted by Crippen LogP contribution is 2.55. The van der Waals surface area contributed by atoms with Crippen LogP contribution in [0.25, 0.3) is 0 Å². The molecule has 0 aliphatic heterocycles. The van der Waals surface area contributed by atoms with Crippen molar-refractivity contribution >= 4 is 69.3 Å². The molecule has 5 aromatic carbocycles. The van der Waals surface area contributed by atoms with Crippen molar-refractivity contribution < 1.29 is 4.74 Å². The predicted molar refractivity (Wildman–Crippen MR) is 220 cm³/mol. The van der Waals surface area contributed by atoms with Gasteiger partial charge in [-0.3, -0.25) is 10.9 Å². The predicted octanol–water partition coefficient (Wildman–Crippen LogP) is 5.88. The van der Waals surface area contributed by atoms with Crippen molar-refractivity contribution in [3.05, 3.63) is 162 Å². The number of rotatable bonds is 14. The van der Waals surface area contributed by atoms with Crippen LogP contribution in [0.1, 0.15) is 23.6 Å². The normalized spacial score (nSPS) is 11.8. The highest BCUT2D eigenvalue weighted by atomic mass is 32.1. The zero-order valence-electron chi connectivity index (χ0n) is 28.3. The summed E-state index contributed by atoms with van der Waals surface area (Å²) in [6.07, 6.45) is 1.49. The van der Waals surface area contributed by atoms with Crippen molar-refractivity contribution in [1.29, 1.82) is 0 Å². The second-order valence-corrected chi connectivity index (χ2v) is 15.5. The average Bonchev–Trinajstić information content (AvgIpc) is 3.19. The van der Waals surface area contributed by atoms with Gasteiger partial charge in [-0.1, -0.05) is 116 Å². The minimum Gasteiger partial charge on any atom is -0.364 e. The first kappa shape index (κ1) is 36.5. The number of benzene rings is 5. The summed E-state index contributed by atoms with van der Waals surface area (Å²) in [5.41, 5.74) is 10.2. The Kier molecular flexibility index (Phi) is 13.7. The summed E-state index contributed by atoms with van der Waals surface area (Å²) in [5.74, 6) is 0. The van der Waals surface area contributed by atoms with E-state index in [1.54, 1.807) is 7.05 Å². The topological polar surface area (TPSA) is 82.1 Å². The lowest BCUT2D eigenvalue weighted by atomic mass is 9.98. The quantitative estimate of drug-likeness (QED) is 0.0376. The zero-order chi connectivity index (χ0) is 35.0. The van der Waals surface area contributed by atoms with Crippen LogP contribution < -0.4 is 37.4 Å². The maximum absolute atomic E-state index is 6.51. The fraction of sp³-hybridized carbons (Fsp3) is 0.150. The van der Waals surface area contributed by atoms with Crippen molar-refractivity contribution in [3.8, 4) is 0 Å². The monoisotopic (exact) mass is 717 g/mol. The molecule has 0 unspecified atom stereocenters. The van der Waals surface area contributed by atoms with Crippen molar-refractivity contribution in [2.24, 2.45) is 10.2 Å². The van der Waals surface area contributed by atoms with E-state index in [-0.39, 0.29) is 0 Å². The molecule has 0 aliphatic rings. The van der Waals surface area contributed by atoms with Gasteiger partial charge in [0.2, 0.25) is 0 Å². The number of aryl methyl sites for hydroxylation is 1. The van der Waals surface area contributed by atoms with Gasteiger partial charge < -0.3 is 15.4 Å². The highest BCUT2D eigenvalue weighted by Gasteiger charge is 2.45. The van der Waals surface area contributed by atoms with Gasteiger partial charge in [0.25, 0.3) is 0 Å². The maximum Gasteiger partial charge on any atom is 0.187 e. The van der Waals surface area contributed by atoms with Gasteiger partial charge in [0, 0.05) is 24.7 Å². The van der Waals surface area contributed by atoms with Crippen molar-refractivity contribution in [1.82, 2.24) is 21.5 Å². The Labute approximate surface area is 306 Å². The number of hydrogen-bond acceptors (Lipinski definition) is 5.